The van der Waals surface area contributed by atoms with Gasteiger partial charge in [0.05, 0.1) is 37.0 Å². The molecule has 1 aliphatic heterocycles. The average molecular weight is 595 g/mol. The molecule has 1 saturated carbocycles. The fourth-order valence-corrected chi connectivity index (χ4v) is 5.30. The number of hydrogen-bond donors (Lipinski definition) is 3. The van der Waals surface area contributed by atoms with E-state index < -0.39 is 11.5 Å². The van der Waals surface area contributed by atoms with Crippen LogP contribution in [0, 0.1) is 5.41 Å². The maximum Gasteiger partial charge on any atom is 0.409 e. The number of nitrogens with two attached hydrogens (primary N) is 1. The zero-order valence-electron chi connectivity index (χ0n) is 24.7. The zero-order chi connectivity index (χ0) is 30.6. The Morgan fingerprint density at radius 1 is 1.07 bits per heavy atom. The first-order valence-electron chi connectivity index (χ1n) is 14.4. The summed E-state index contributed by atoms with van der Waals surface area (Å²) < 4.78 is 17.5. The molecule has 4 heterocycles. The Morgan fingerprint density at radius 2 is 1.77 bits per heavy atom. The van der Waals surface area contributed by atoms with E-state index in [2.05, 4.69) is 25.7 Å². The molecule has 0 radical (unpaired) electrons. The molecule has 0 atom stereocenters. The van der Waals surface area contributed by atoms with E-state index in [9.17, 15) is 14.4 Å². The second kappa shape index (κ2) is 12.8. The Hall–Kier alpha value is -4.46. The van der Waals surface area contributed by atoms with Crippen molar-refractivity contribution < 1.29 is 28.6 Å². The molecular weight excluding hydrogens is 556 g/mol. The molecule has 0 bridgehead atoms. The lowest BCUT2D eigenvalue weighted by Gasteiger charge is -2.33. The van der Waals surface area contributed by atoms with Gasteiger partial charge in [-0.2, -0.15) is 5.10 Å². The predicted molar refractivity (Wildman–Crippen MR) is 156 cm³/mol. The molecule has 3 aromatic heterocycles. The van der Waals surface area contributed by atoms with Gasteiger partial charge in [-0.25, -0.2) is 19.3 Å². The van der Waals surface area contributed by atoms with Crippen molar-refractivity contribution >= 4 is 29.2 Å². The third-order valence-corrected chi connectivity index (χ3v) is 7.91. The Morgan fingerprint density at radius 3 is 2.47 bits per heavy atom. The first-order chi connectivity index (χ1) is 20.7. The number of pyridine rings is 1. The highest BCUT2D eigenvalue weighted by Gasteiger charge is 2.34. The van der Waals surface area contributed by atoms with Crippen LogP contribution >= 0.6 is 0 Å². The van der Waals surface area contributed by atoms with Crippen molar-refractivity contribution in [2.75, 3.05) is 45.8 Å². The first kappa shape index (κ1) is 30.0. The van der Waals surface area contributed by atoms with Crippen LogP contribution in [-0.2, 0) is 14.3 Å². The monoisotopic (exact) mass is 594 g/mol. The lowest BCUT2D eigenvalue weighted by atomic mass is 9.88. The average Bonchev–Trinajstić information content (AvgIpc) is 3.42. The maximum absolute atomic E-state index is 13.5. The molecule has 5 rings (SSSR count). The number of morpholine rings is 1. The summed E-state index contributed by atoms with van der Waals surface area (Å²) in [4.78, 5) is 48.7. The van der Waals surface area contributed by atoms with Gasteiger partial charge in [-0.1, -0.05) is 0 Å². The van der Waals surface area contributed by atoms with E-state index in [-0.39, 0.29) is 36.3 Å². The number of nitrogen functional groups attached to an aromatic ring is 1. The number of rotatable bonds is 8. The Balaban J connectivity index is 1.17. The normalized spacial score (nSPS) is 19.1. The molecule has 1 saturated heterocycles. The Kier molecular flexibility index (Phi) is 8.94. The molecule has 0 unspecified atom stereocenters. The number of hydrogen-bond acceptors (Lipinski definition) is 10. The summed E-state index contributed by atoms with van der Waals surface area (Å²) in [7, 11) is 1.53. The lowest BCUT2D eigenvalue weighted by molar-refractivity contribution is -0.132. The third kappa shape index (κ3) is 6.79. The van der Waals surface area contributed by atoms with E-state index in [1.165, 1.54) is 13.4 Å². The summed E-state index contributed by atoms with van der Waals surface area (Å²) in [6.45, 7) is 5.42. The summed E-state index contributed by atoms with van der Waals surface area (Å²) in [6, 6.07) is 5.18. The molecule has 1 aliphatic carbocycles. The number of aromatic nitrogens is 4. The molecule has 4 N–H and O–H groups in total. The number of amides is 3. The number of nitrogens with one attached hydrogen (secondary N) is 2. The Bertz CT molecular complexity index is 1480. The van der Waals surface area contributed by atoms with E-state index in [1.54, 1.807) is 47.7 Å². The van der Waals surface area contributed by atoms with Crippen LogP contribution in [-0.4, -0.2) is 94.5 Å². The predicted octanol–water partition coefficient (Wildman–Crippen LogP) is 2.03. The van der Waals surface area contributed by atoms with Gasteiger partial charge in [0.1, 0.15) is 18.5 Å². The number of fused-ring (bicyclic) bond motifs is 1. The molecule has 14 nitrogen and oxygen atoms in total. The van der Waals surface area contributed by atoms with Crippen molar-refractivity contribution in [1.82, 2.24) is 35.1 Å². The molecule has 14 heteroatoms. The number of carbonyl (C=O) groups is 3. The van der Waals surface area contributed by atoms with Crippen LogP contribution in [0.5, 0.6) is 5.88 Å². The minimum atomic E-state index is -0.887. The largest absolute Gasteiger partial charge is 0.481 e. The van der Waals surface area contributed by atoms with Gasteiger partial charge in [-0.15, -0.1) is 0 Å². The minimum Gasteiger partial charge on any atom is -0.481 e. The van der Waals surface area contributed by atoms with Gasteiger partial charge in [0.25, 0.3) is 5.91 Å². The molecule has 43 heavy (non-hydrogen) atoms. The zero-order valence-corrected chi connectivity index (χ0v) is 24.7. The van der Waals surface area contributed by atoms with E-state index in [4.69, 9.17) is 19.9 Å². The standard InChI is InChI=1S/C29H38N8O6/c1-29(2,16-43-28(40)36-10-12-42-13-11-36)27(39)35-20-6-4-19(5-7-20)34-26(38)21-15-22(18-8-9-31-23(14-18)41-3)37-24(21)25(30)32-17-33-37/h8-9,14-15,17,19-20H,4-7,10-13,16H2,1-3H3,(H,34,38)(H,35,39)(H2,30,32,33)/t19-,20-. The van der Waals surface area contributed by atoms with E-state index in [0.717, 1.165) is 5.56 Å². The molecule has 3 aromatic rings. The highest BCUT2D eigenvalue weighted by Crippen LogP contribution is 2.30. The van der Waals surface area contributed by atoms with Gasteiger partial charge in [0.2, 0.25) is 11.8 Å². The van der Waals surface area contributed by atoms with Crippen molar-refractivity contribution in [3.8, 4) is 17.1 Å². The van der Waals surface area contributed by atoms with E-state index in [1.807, 2.05) is 0 Å². The number of methoxy groups -OCH3 is 1. The van der Waals surface area contributed by atoms with Crippen LogP contribution in [0.3, 0.4) is 0 Å². The van der Waals surface area contributed by atoms with Crippen molar-refractivity contribution in [2.24, 2.45) is 5.41 Å². The Labute approximate surface area is 249 Å². The minimum absolute atomic E-state index is 0.0207. The molecule has 3 amide bonds. The highest BCUT2D eigenvalue weighted by atomic mass is 16.6. The van der Waals surface area contributed by atoms with Crippen molar-refractivity contribution in [1.29, 1.82) is 0 Å². The summed E-state index contributed by atoms with van der Waals surface area (Å²) in [5.74, 6) is 0.173. The van der Waals surface area contributed by atoms with Crippen LogP contribution in [0.15, 0.2) is 30.7 Å². The van der Waals surface area contributed by atoms with Gasteiger partial charge in [-0.05, 0) is 51.7 Å². The SMILES string of the molecule is COc1cc(-c2cc(C(=O)N[C@H]3CC[C@H](NC(=O)C(C)(C)COC(=O)N4CCOCC4)CC3)c3c(N)ncnn23)ccn1. The third-order valence-electron chi connectivity index (χ3n) is 7.91. The molecule has 230 valence electrons. The van der Waals surface area contributed by atoms with Gasteiger partial charge >= 0.3 is 6.09 Å². The van der Waals surface area contributed by atoms with Crippen molar-refractivity contribution in [3.05, 3.63) is 36.3 Å². The summed E-state index contributed by atoms with van der Waals surface area (Å²) in [5, 5.41) is 10.6. The number of nitrogens with zero attached hydrogens (tertiary/aromatic N) is 5. The summed E-state index contributed by atoms with van der Waals surface area (Å²) >= 11 is 0. The van der Waals surface area contributed by atoms with Crippen molar-refractivity contribution in [2.45, 2.75) is 51.6 Å². The van der Waals surface area contributed by atoms with Crippen LogP contribution in [0.2, 0.25) is 0 Å². The second-order valence-corrected chi connectivity index (χ2v) is 11.5. The molecule has 0 spiro atoms. The van der Waals surface area contributed by atoms with Crippen LogP contribution < -0.4 is 21.1 Å². The summed E-state index contributed by atoms with van der Waals surface area (Å²) in [5.41, 5.74) is 7.50. The molecule has 2 aliphatic rings. The fraction of sp³-hybridized carbons (Fsp3) is 0.517. The van der Waals surface area contributed by atoms with E-state index in [0.29, 0.717) is 74.6 Å². The number of carbonyl (C=O) groups excluding carboxylic acids is 3. The van der Waals surface area contributed by atoms with Gasteiger partial charge in [-0.3, -0.25) is 9.59 Å². The lowest BCUT2D eigenvalue weighted by Crippen LogP contribution is -2.49. The first-order valence-corrected chi connectivity index (χ1v) is 14.4. The smallest absolute Gasteiger partial charge is 0.409 e. The van der Waals surface area contributed by atoms with E-state index >= 15 is 0 Å². The summed E-state index contributed by atoms with van der Waals surface area (Å²) in [6.07, 6.45) is 5.31. The van der Waals surface area contributed by atoms with Crippen molar-refractivity contribution in [3.63, 3.8) is 0 Å². The van der Waals surface area contributed by atoms with Gasteiger partial charge in [0.15, 0.2) is 5.82 Å². The molecular formula is C29H38N8O6. The quantitative estimate of drug-likeness (QED) is 0.350. The van der Waals surface area contributed by atoms with Crippen LogP contribution in [0.1, 0.15) is 49.9 Å². The van der Waals surface area contributed by atoms with Crippen LogP contribution in [0.4, 0.5) is 10.6 Å². The van der Waals surface area contributed by atoms with Gasteiger partial charge < -0.3 is 35.5 Å². The fourth-order valence-electron chi connectivity index (χ4n) is 5.30. The molecule has 2 fully saturated rings. The number of ether oxygens (including phenoxy) is 3. The maximum atomic E-state index is 13.5. The topological polar surface area (TPSA) is 175 Å². The second-order valence-electron chi connectivity index (χ2n) is 11.5. The van der Waals surface area contributed by atoms with Crippen LogP contribution in [0.25, 0.3) is 16.8 Å². The molecule has 0 aromatic carbocycles. The highest BCUT2D eigenvalue weighted by molar-refractivity contribution is 6.05. The number of anilines is 1. The van der Waals surface area contributed by atoms with Gasteiger partial charge in [0, 0.05) is 43.0 Å².